The summed E-state index contributed by atoms with van der Waals surface area (Å²) in [4.78, 5) is 36.3. The van der Waals surface area contributed by atoms with Crippen molar-refractivity contribution in [1.29, 1.82) is 0 Å². The lowest BCUT2D eigenvalue weighted by molar-refractivity contribution is -0.143. The van der Waals surface area contributed by atoms with Crippen molar-refractivity contribution < 1.29 is 24.6 Å². The Bertz CT molecular complexity index is 971. The third-order valence-electron chi connectivity index (χ3n) is 5.51. The van der Waals surface area contributed by atoms with E-state index in [4.69, 9.17) is 21.8 Å². The van der Waals surface area contributed by atoms with Crippen molar-refractivity contribution in [2.45, 2.75) is 37.4 Å². The molecule has 0 radical (unpaired) electrons. The second-order valence-corrected chi connectivity index (χ2v) is 8.18. The van der Waals surface area contributed by atoms with E-state index < -0.39 is 30.4 Å². The van der Waals surface area contributed by atoms with Gasteiger partial charge in [-0.1, -0.05) is 48.0 Å². The molecule has 0 saturated carbocycles. The molecule has 3 atom stereocenters. The van der Waals surface area contributed by atoms with Crippen LogP contribution in [-0.2, 0) is 27.3 Å². The van der Waals surface area contributed by atoms with Crippen LogP contribution in [0, 0.1) is 0 Å². The minimum atomic E-state index is -1.38. The van der Waals surface area contributed by atoms with Gasteiger partial charge in [-0.3, -0.25) is 9.59 Å². The van der Waals surface area contributed by atoms with Crippen LogP contribution < -0.4 is 16.0 Å². The van der Waals surface area contributed by atoms with Gasteiger partial charge < -0.3 is 26.2 Å². The van der Waals surface area contributed by atoms with Gasteiger partial charge in [0.25, 0.3) is 0 Å². The highest BCUT2D eigenvalue weighted by atomic mass is 35.5. The number of amides is 2. The van der Waals surface area contributed by atoms with Gasteiger partial charge in [-0.15, -0.1) is 12.4 Å². The van der Waals surface area contributed by atoms with Crippen LogP contribution in [0.15, 0.2) is 48.5 Å². The maximum atomic E-state index is 12.8. The van der Waals surface area contributed by atoms with Crippen LogP contribution in [-0.4, -0.2) is 53.2 Å². The molecule has 5 N–H and O–H groups in total. The average molecular weight is 496 g/mol. The normalized spacial score (nSPS) is 16.5. The van der Waals surface area contributed by atoms with Crippen LogP contribution in [0.2, 0.25) is 5.02 Å². The van der Waals surface area contributed by atoms with E-state index in [0.29, 0.717) is 18.0 Å². The maximum absolute atomic E-state index is 12.8. The number of rotatable bonds is 9. The van der Waals surface area contributed by atoms with Crippen molar-refractivity contribution in [3.63, 3.8) is 0 Å². The highest BCUT2D eigenvalue weighted by Crippen LogP contribution is 2.22. The summed E-state index contributed by atoms with van der Waals surface area (Å²) in [5.41, 5.74) is 3.08. The second kappa shape index (κ2) is 12.6. The van der Waals surface area contributed by atoms with Crippen molar-refractivity contribution >= 4 is 41.8 Å². The molecule has 2 aromatic rings. The number of carbonyl (C=O) groups excluding carboxylic acids is 2. The fourth-order valence-corrected chi connectivity index (χ4v) is 3.82. The number of fused-ring (bicyclic) bond motifs is 1. The molecule has 0 aromatic heterocycles. The van der Waals surface area contributed by atoms with Gasteiger partial charge in [0.1, 0.15) is 6.04 Å². The van der Waals surface area contributed by atoms with E-state index in [1.54, 1.807) is 24.3 Å². The van der Waals surface area contributed by atoms with Crippen molar-refractivity contribution in [1.82, 2.24) is 16.0 Å². The molecule has 33 heavy (non-hydrogen) atoms. The van der Waals surface area contributed by atoms with Crippen LogP contribution in [0.1, 0.15) is 29.0 Å². The first kappa shape index (κ1) is 26.6. The molecular formula is C23H27Cl2N3O5. The number of benzene rings is 2. The Morgan fingerprint density at radius 1 is 1.09 bits per heavy atom. The lowest BCUT2D eigenvalue weighted by Crippen LogP contribution is -2.49. The summed E-state index contributed by atoms with van der Waals surface area (Å²) in [5, 5.41) is 27.2. The summed E-state index contributed by atoms with van der Waals surface area (Å²) in [6.07, 6.45) is 0.511. The van der Waals surface area contributed by atoms with Gasteiger partial charge in [0.2, 0.25) is 11.8 Å². The molecule has 2 aromatic carbocycles. The number of carboxylic acid groups (broad SMARTS) is 1. The zero-order chi connectivity index (χ0) is 23.1. The van der Waals surface area contributed by atoms with E-state index in [-0.39, 0.29) is 37.3 Å². The number of carbonyl (C=O) groups is 3. The zero-order valence-corrected chi connectivity index (χ0v) is 19.4. The number of aliphatic hydroxyl groups excluding tert-OH is 1. The van der Waals surface area contributed by atoms with Crippen LogP contribution in [0.4, 0.5) is 0 Å². The topological polar surface area (TPSA) is 128 Å². The summed E-state index contributed by atoms with van der Waals surface area (Å²) in [6, 6.07) is 13.1. The van der Waals surface area contributed by atoms with Crippen LogP contribution in [0.3, 0.4) is 0 Å². The van der Waals surface area contributed by atoms with E-state index in [1.165, 1.54) is 5.56 Å². The largest absolute Gasteiger partial charge is 0.480 e. The molecule has 0 fully saturated rings. The summed E-state index contributed by atoms with van der Waals surface area (Å²) in [5.74, 6) is -2.43. The fourth-order valence-electron chi connectivity index (χ4n) is 3.69. The van der Waals surface area contributed by atoms with Gasteiger partial charge in [0.15, 0.2) is 0 Å². The van der Waals surface area contributed by atoms with Crippen LogP contribution in [0.5, 0.6) is 0 Å². The standard InChI is InChI=1S/C23H26ClN3O5.ClH/c24-18-7-5-14(6-8-18)17(10-21(29)27-20(13-28)23(31)32)12-26-22(30)19-9-15-3-1-2-4-16(15)11-25-19;/h1-8,17,19-20,25,28H,9-13H2,(H,26,30)(H,27,29)(H,31,32);1H/t17-,19-,20-;/m0./s1. The smallest absolute Gasteiger partial charge is 0.328 e. The summed E-state index contributed by atoms with van der Waals surface area (Å²) in [7, 11) is 0. The predicted octanol–water partition coefficient (Wildman–Crippen LogP) is 1.63. The minimum absolute atomic E-state index is 0. The minimum Gasteiger partial charge on any atom is -0.480 e. The van der Waals surface area contributed by atoms with Gasteiger partial charge in [-0.2, -0.15) is 0 Å². The van der Waals surface area contributed by atoms with Crippen LogP contribution >= 0.6 is 24.0 Å². The molecule has 1 aliphatic heterocycles. The van der Waals surface area contributed by atoms with Crippen LogP contribution in [0.25, 0.3) is 0 Å². The van der Waals surface area contributed by atoms with Crippen molar-refractivity contribution in [2.24, 2.45) is 0 Å². The molecule has 178 valence electrons. The quantitative estimate of drug-likeness (QED) is 0.359. The Morgan fingerprint density at radius 2 is 1.76 bits per heavy atom. The van der Waals surface area contributed by atoms with Gasteiger partial charge in [-0.05, 0) is 35.2 Å². The number of halogens is 2. The number of hydrogen-bond donors (Lipinski definition) is 5. The molecule has 1 heterocycles. The van der Waals surface area contributed by atoms with Gasteiger partial charge >= 0.3 is 5.97 Å². The van der Waals surface area contributed by atoms with Crippen molar-refractivity contribution in [2.75, 3.05) is 13.2 Å². The molecule has 8 nitrogen and oxygen atoms in total. The Labute approximate surface area is 203 Å². The first-order valence-electron chi connectivity index (χ1n) is 10.3. The van der Waals surface area contributed by atoms with Crippen molar-refractivity contribution in [3.05, 3.63) is 70.2 Å². The molecular weight excluding hydrogens is 469 g/mol. The average Bonchev–Trinajstić information content (AvgIpc) is 2.80. The number of carboxylic acids is 1. The van der Waals surface area contributed by atoms with Gasteiger partial charge in [-0.25, -0.2) is 4.79 Å². The first-order valence-corrected chi connectivity index (χ1v) is 10.7. The Kier molecular flexibility index (Phi) is 10.1. The third-order valence-corrected chi connectivity index (χ3v) is 5.76. The van der Waals surface area contributed by atoms with E-state index in [0.717, 1.165) is 11.1 Å². The first-order chi connectivity index (χ1) is 15.4. The molecule has 3 rings (SSSR count). The Morgan fingerprint density at radius 3 is 2.39 bits per heavy atom. The Balaban J connectivity index is 0.00000385. The number of aliphatic hydroxyl groups is 1. The Hall–Kier alpha value is -2.65. The number of hydrogen-bond acceptors (Lipinski definition) is 5. The predicted molar refractivity (Wildman–Crippen MR) is 126 cm³/mol. The van der Waals surface area contributed by atoms with E-state index in [2.05, 4.69) is 16.0 Å². The lowest BCUT2D eigenvalue weighted by atomic mass is 9.93. The molecule has 10 heteroatoms. The van der Waals surface area contributed by atoms with Crippen molar-refractivity contribution in [3.8, 4) is 0 Å². The number of nitrogens with one attached hydrogen (secondary N) is 3. The number of aliphatic carboxylic acids is 1. The molecule has 0 spiro atoms. The second-order valence-electron chi connectivity index (χ2n) is 7.74. The molecule has 0 bridgehead atoms. The summed E-state index contributed by atoms with van der Waals surface area (Å²) < 4.78 is 0. The summed E-state index contributed by atoms with van der Waals surface area (Å²) >= 11 is 5.96. The van der Waals surface area contributed by atoms with E-state index in [9.17, 15) is 14.4 Å². The highest BCUT2D eigenvalue weighted by molar-refractivity contribution is 6.30. The van der Waals surface area contributed by atoms with E-state index >= 15 is 0 Å². The molecule has 1 aliphatic rings. The molecule has 0 unspecified atom stereocenters. The van der Waals surface area contributed by atoms with E-state index in [1.807, 2.05) is 24.3 Å². The third kappa shape index (κ3) is 7.43. The SMILES string of the molecule is Cl.O=C(C[C@@H](CNC(=O)[C@@H]1Cc2ccccc2CN1)c1ccc(Cl)cc1)N[C@@H](CO)C(=O)O. The maximum Gasteiger partial charge on any atom is 0.328 e. The summed E-state index contributed by atoms with van der Waals surface area (Å²) in [6.45, 7) is 0.0812. The van der Waals surface area contributed by atoms with Gasteiger partial charge in [0.05, 0.1) is 12.6 Å². The molecule has 0 saturated heterocycles. The molecule has 2 amide bonds. The lowest BCUT2D eigenvalue weighted by Gasteiger charge is -2.26. The highest BCUT2D eigenvalue weighted by Gasteiger charge is 2.26. The zero-order valence-electron chi connectivity index (χ0n) is 17.8. The molecule has 0 aliphatic carbocycles. The fraction of sp³-hybridized carbons (Fsp3) is 0.348. The monoisotopic (exact) mass is 495 g/mol. The van der Waals surface area contributed by atoms with Gasteiger partial charge in [0, 0.05) is 30.5 Å².